The Hall–Kier alpha value is -3.34. The van der Waals surface area contributed by atoms with E-state index in [9.17, 15) is 4.79 Å². The average Bonchev–Trinajstić information content (AvgIpc) is 2.68. The Kier molecular flexibility index (Phi) is 5.49. The molecule has 0 saturated carbocycles. The predicted molar refractivity (Wildman–Crippen MR) is 103 cm³/mol. The molecule has 2 aromatic carbocycles. The molecular weight excluding hydrogens is 326 g/mol. The highest BCUT2D eigenvalue weighted by atomic mass is 16.5. The van der Waals surface area contributed by atoms with Gasteiger partial charge in [0, 0.05) is 6.54 Å². The van der Waals surface area contributed by atoms with Crippen molar-refractivity contribution >= 4 is 17.3 Å². The number of ether oxygens (including phenoxy) is 1. The number of nitrogens with one attached hydrogen (secondary N) is 2. The molecule has 3 aromatic rings. The Morgan fingerprint density at radius 1 is 1.08 bits per heavy atom. The van der Waals surface area contributed by atoms with Crippen LogP contribution in [0, 0.1) is 6.92 Å². The van der Waals surface area contributed by atoms with E-state index in [1.165, 1.54) is 0 Å². The van der Waals surface area contributed by atoms with Gasteiger partial charge in [0.1, 0.15) is 11.4 Å². The number of carbonyl (C=O) groups is 1. The minimum absolute atomic E-state index is 0.200. The molecule has 2 N–H and O–H groups in total. The van der Waals surface area contributed by atoms with Crippen molar-refractivity contribution in [2.45, 2.75) is 13.5 Å². The van der Waals surface area contributed by atoms with Crippen LogP contribution in [0.2, 0.25) is 0 Å². The fourth-order valence-electron chi connectivity index (χ4n) is 2.55. The molecule has 0 saturated heterocycles. The van der Waals surface area contributed by atoms with E-state index in [4.69, 9.17) is 4.74 Å². The summed E-state index contributed by atoms with van der Waals surface area (Å²) in [4.78, 5) is 16.5. The molecule has 0 unspecified atom stereocenters. The fourth-order valence-corrected chi connectivity index (χ4v) is 2.55. The van der Waals surface area contributed by atoms with Gasteiger partial charge in [-0.25, -0.2) is 4.98 Å². The lowest BCUT2D eigenvalue weighted by Crippen LogP contribution is -2.23. The van der Waals surface area contributed by atoms with E-state index < -0.39 is 0 Å². The Labute approximate surface area is 153 Å². The van der Waals surface area contributed by atoms with Gasteiger partial charge in [0.25, 0.3) is 5.91 Å². The lowest BCUT2D eigenvalue weighted by molar-refractivity contribution is 0.0946. The highest BCUT2D eigenvalue weighted by Crippen LogP contribution is 2.28. The van der Waals surface area contributed by atoms with Gasteiger partial charge in [-0.1, -0.05) is 36.4 Å². The highest BCUT2D eigenvalue weighted by molar-refractivity contribution is 5.92. The first-order chi connectivity index (χ1) is 12.7. The van der Waals surface area contributed by atoms with Crippen LogP contribution in [0.15, 0.2) is 66.9 Å². The van der Waals surface area contributed by atoms with Gasteiger partial charge in [-0.2, -0.15) is 0 Å². The number of aryl methyl sites for hydroxylation is 1. The Bertz CT molecular complexity index is 878. The largest absolute Gasteiger partial charge is 0.495 e. The first-order valence-electron chi connectivity index (χ1n) is 8.35. The summed E-state index contributed by atoms with van der Waals surface area (Å²) in [5.41, 5.74) is 4.19. The van der Waals surface area contributed by atoms with Crippen molar-refractivity contribution in [3.8, 4) is 5.75 Å². The number of aromatic nitrogens is 1. The van der Waals surface area contributed by atoms with Crippen LogP contribution in [0.3, 0.4) is 0 Å². The molecule has 0 atom stereocenters. The molecule has 0 bridgehead atoms. The van der Waals surface area contributed by atoms with Gasteiger partial charge in [0.2, 0.25) is 0 Å². The van der Waals surface area contributed by atoms with Crippen LogP contribution in [0.1, 0.15) is 21.6 Å². The summed E-state index contributed by atoms with van der Waals surface area (Å²) in [5, 5.41) is 6.14. The van der Waals surface area contributed by atoms with E-state index in [0.29, 0.717) is 12.2 Å². The van der Waals surface area contributed by atoms with E-state index in [0.717, 1.165) is 28.3 Å². The lowest BCUT2D eigenvalue weighted by atomic mass is 10.2. The number of anilines is 2. The van der Waals surface area contributed by atoms with Crippen LogP contribution in [0.5, 0.6) is 5.75 Å². The molecule has 1 heterocycles. The van der Waals surface area contributed by atoms with Crippen molar-refractivity contribution < 1.29 is 9.53 Å². The smallest absolute Gasteiger partial charge is 0.270 e. The Morgan fingerprint density at radius 3 is 2.58 bits per heavy atom. The summed E-state index contributed by atoms with van der Waals surface area (Å²) < 4.78 is 5.36. The second kappa shape index (κ2) is 8.16. The second-order valence-electron chi connectivity index (χ2n) is 5.93. The van der Waals surface area contributed by atoms with E-state index in [1.807, 2.05) is 61.5 Å². The second-order valence-corrected chi connectivity index (χ2v) is 5.93. The number of rotatable bonds is 6. The molecule has 1 aromatic heterocycles. The molecule has 1 amide bonds. The Morgan fingerprint density at radius 2 is 1.88 bits per heavy atom. The topological polar surface area (TPSA) is 63.2 Å². The molecule has 0 aliphatic rings. The maximum absolute atomic E-state index is 12.2. The van der Waals surface area contributed by atoms with Crippen LogP contribution in [0.25, 0.3) is 0 Å². The molecule has 132 valence electrons. The Balaban J connectivity index is 1.65. The van der Waals surface area contributed by atoms with Crippen molar-refractivity contribution in [3.63, 3.8) is 0 Å². The van der Waals surface area contributed by atoms with Crippen molar-refractivity contribution in [3.05, 3.63) is 83.7 Å². The summed E-state index contributed by atoms with van der Waals surface area (Å²) in [6, 6.07) is 19.2. The molecule has 0 aliphatic carbocycles. The standard InChI is InChI=1S/C21H21N3O2/c1-15-8-11-20(26-2)19(12-15)24-17-9-10-18(22-14-17)21(25)23-13-16-6-4-3-5-7-16/h3-12,14,24H,13H2,1-2H3,(H,23,25). The number of hydrogen-bond donors (Lipinski definition) is 2. The van der Waals surface area contributed by atoms with Crippen molar-refractivity contribution in [2.24, 2.45) is 0 Å². The third kappa shape index (κ3) is 4.39. The van der Waals surface area contributed by atoms with Gasteiger partial charge in [0.15, 0.2) is 0 Å². The van der Waals surface area contributed by atoms with Crippen LogP contribution < -0.4 is 15.4 Å². The molecule has 5 nitrogen and oxygen atoms in total. The maximum atomic E-state index is 12.2. The van der Waals surface area contributed by atoms with Crippen LogP contribution in [-0.4, -0.2) is 18.0 Å². The molecule has 3 rings (SSSR count). The number of methoxy groups -OCH3 is 1. The quantitative estimate of drug-likeness (QED) is 0.705. The summed E-state index contributed by atoms with van der Waals surface area (Å²) in [6.45, 7) is 2.49. The van der Waals surface area contributed by atoms with E-state index in [-0.39, 0.29) is 5.91 Å². The number of carbonyl (C=O) groups excluding carboxylic acids is 1. The molecule has 0 fully saturated rings. The summed E-state index contributed by atoms with van der Waals surface area (Å²) in [5.74, 6) is 0.550. The monoisotopic (exact) mass is 347 g/mol. The number of hydrogen-bond acceptors (Lipinski definition) is 4. The van der Waals surface area contributed by atoms with Crippen molar-refractivity contribution in [1.29, 1.82) is 0 Å². The van der Waals surface area contributed by atoms with Crippen LogP contribution >= 0.6 is 0 Å². The zero-order valence-corrected chi connectivity index (χ0v) is 14.8. The van der Waals surface area contributed by atoms with Crippen LogP contribution in [0.4, 0.5) is 11.4 Å². The number of amides is 1. The fraction of sp³-hybridized carbons (Fsp3) is 0.143. The molecule has 26 heavy (non-hydrogen) atoms. The highest BCUT2D eigenvalue weighted by Gasteiger charge is 2.08. The molecule has 0 radical (unpaired) electrons. The molecule has 0 spiro atoms. The van der Waals surface area contributed by atoms with Gasteiger partial charge in [-0.3, -0.25) is 4.79 Å². The molecular formula is C21H21N3O2. The number of pyridine rings is 1. The summed E-state index contributed by atoms with van der Waals surface area (Å²) in [6.07, 6.45) is 1.64. The zero-order chi connectivity index (χ0) is 18.4. The molecule has 5 heteroatoms. The molecule has 0 aliphatic heterocycles. The first kappa shape index (κ1) is 17.5. The maximum Gasteiger partial charge on any atom is 0.270 e. The van der Waals surface area contributed by atoms with E-state index >= 15 is 0 Å². The van der Waals surface area contributed by atoms with E-state index in [2.05, 4.69) is 15.6 Å². The van der Waals surface area contributed by atoms with Gasteiger partial charge in [-0.15, -0.1) is 0 Å². The summed E-state index contributed by atoms with van der Waals surface area (Å²) >= 11 is 0. The third-order valence-electron chi connectivity index (χ3n) is 3.93. The minimum Gasteiger partial charge on any atom is -0.495 e. The average molecular weight is 347 g/mol. The summed E-state index contributed by atoms with van der Waals surface area (Å²) in [7, 11) is 1.63. The lowest BCUT2D eigenvalue weighted by Gasteiger charge is -2.12. The predicted octanol–water partition coefficient (Wildman–Crippen LogP) is 4.07. The first-order valence-corrected chi connectivity index (χ1v) is 8.35. The number of benzene rings is 2. The zero-order valence-electron chi connectivity index (χ0n) is 14.8. The van der Waals surface area contributed by atoms with Crippen molar-refractivity contribution in [2.75, 3.05) is 12.4 Å². The van der Waals surface area contributed by atoms with Gasteiger partial charge in [0.05, 0.1) is 24.7 Å². The van der Waals surface area contributed by atoms with E-state index in [1.54, 1.807) is 19.4 Å². The third-order valence-corrected chi connectivity index (χ3v) is 3.93. The minimum atomic E-state index is -0.200. The van der Waals surface area contributed by atoms with Gasteiger partial charge >= 0.3 is 0 Å². The van der Waals surface area contributed by atoms with Gasteiger partial charge < -0.3 is 15.4 Å². The normalized spacial score (nSPS) is 10.2. The van der Waals surface area contributed by atoms with Gasteiger partial charge in [-0.05, 0) is 42.3 Å². The SMILES string of the molecule is COc1ccc(C)cc1Nc1ccc(C(=O)NCc2ccccc2)nc1. The number of nitrogens with zero attached hydrogens (tertiary/aromatic N) is 1. The van der Waals surface area contributed by atoms with Crippen LogP contribution in [-0.2, 0) is 6.54 Å². The van der Waals surface area contributed by atoms with Crippen molar-refractivity contribution in [1.82, 2.24) is 10.3 Å².